The van der Waals surface area contributed by atoms with Crippen LogP contribution in [0.25, 0.3) is 0 Å². The Morgan fingerprint density at radius 1 is 1.07 bits per heavy atom. The number of allylic oxidation sites excluding steroid dienone is 2. The van der Waals surface area contributed by atoms with Crippen LogP contribution < -0.4 is 14.4 Å². The molecule has 2 atom stereocenters. The summed E-state index contributed by atoms with van der Waals surface area (Å²) < 4.78 is 52.2. The summed E-state index contributed by atoms with van der Waals surface area (Å²) in [4.78, 5) is 14.8. The number of aryl methyl sites for hydroxylation is 1. The van der Waals surface area contributed by atoms with Crippen LogP contribution in [-0.2, 0) is 24.0 Å². The molecule has 0 saturated carbocycles. The van der Waals surface area contributed by atoms with E-state index in [0.717, 1.165) is 18.6 Å². The number of alkyl halides is 3. The number of ether oxygens (including phenoxy) is 2. The van der Waals surface area contributed by atoms with Gasteiger partial charge in [0.15, 0.2) is 5.78 Å². The number of benzene rings is 3. The molecule has 1 aliphatic carbocycles. The average molecular weight is 574 g/mol. The quantitative estimate of drug-likeness (QED) is 0.315. The molecule has 42 heavy (non-hydrogen) atoms. The van der Waals surface area contributed by atoms with Crippen LogP contribution in [0.15, 0.2) is 78.0 Å². The molecule has 2 unspecified atom stereocenters. The second-order valence-electron chi connectivity index (χ2n) is 10.3. The van der Waals surface area contributed by atoms with Crippen molar-refractivity contribution in [3.8, 4) is 17.6 Å². The SMILES string of the molecule is CCc1ccc(OCc2cc(C3C4=C(CCCC4=O)N(c4cccc(C(F)(F)F)c4)C(=N)C3C#N)ccc2OC)cc1. The molecule has 1 heterocycles. The lowest BCUT2D eigenvalue weighted by atomic mass is 9.71. The molecule has 216 valence electrons. The molecule has 0 aromatic heterocycles. The van der Waals surface area contributed by atoms with Crippen LogP contribution in [0.5, 0.6) is 11.5 Å². The summed E-state index contributed by atoms with van der Waals surface area (Å²) in [5.74, 6) is -0.961. The molecule has 0 saturated heterocycles. The van der Waals surface area contributed by atoms with E-state index in [2.05, 4.69) is 13.0 Å². The largest absolute Gasteiger partial charge is 0.496 e. The second kappa shape index (κ2) is 11.7. The fourth-order valence-electron chi connectivity index (χ4n) is 5.74. The van der Waals surface area contributed by atoms with Gasteiger partial charge < -0.3 is 14.4 Å². The number of amidine groups is 1. The van der Waals surface area contributed by atoms with Crippen molar-refractivity contribution in [2.45, 2.75) is 51.3 Å². The highest BCUT2D eigenvalue weighted by Gasteiger charge is 2.45. The van der Waals surface area contributed by atoms with Crippen molar-refractivity contribution in [1.82, 2.24) is 0 Å². The van der Waals surface area contributed by atoms with E-state index in [-0.39, 0.29) is 30.3 Å². The summed E-state index contributed by atoms with van der Waals surface area (Å²) in [6.07, 6.45) is -2.51. The first-order chi connectivity index (χ1) is 20.2. The third-order valence-corrected chi connectivity index (χ3v) is 7.84. The Kier molecular flexibility index (Phi) is 8.08. The lowest BCUT2D eigenvalue weighted by Crippen LogP contribution is -2.45. The molecule has 5 rings (SSSR count). The van der Waals surface area contributed by atoms with E-state index in [1.165, 1.54) is 22.6 Å². The van der Waals surface area contributed by atoms with Gasteiger partial charge in [0.05, 0.1) is 18.7 Å². The number of rotatable bonds is 7. The molecule has 0 fully saturated rings. The smallest absolute Gasteiger partial charge is 0.416 e. The van der Waals surface area contributed by atoms with Gasteiger partial charge in [-0.15, -0.1) is 0 Å². The summed E-state index contributed by atoms with van der Waals surface area (Å²) in [5, 5.41) is 19.3. The van der Waals surface area contributed by atoms with Gasteiger partial charge in [-0.2, -0.15) is 18.4 Å². The number of Topliss-reactive ketones (excluding diaryl/α,β-unsaturated/α-hetero) is 1. The lowest BCUT2D eigenvalue weighted by molar-refractivity contribution is -0.137. The number of methoxy groups -OCH3 is 1. The van der Waals surface area contributed by atoms with Crippen molar-refractivity contribution in [2.24, 2.45) is 5.92 Å². The second-order valence-corrected chi connectivity index (χ2v) is 10.3. The normalized spacial score (nSPS) is 18.9. The van der Waals surface area contributed by atoms with Crippen LogP contribution in [-0.4, -0.2) is 18.7 Å². The highest BCUT2D eigenvalue weighted by atomic mass is 19.4. The summed E-state index contributed by atoms with van der Waals surface area (Å²) in [5.41, 5.74) is 2.60. The van der Waals surface area contributed by atoms with Gasteiger partial charge in [-0.1, -0.05) is 31.2 Å². The van der Waals surface area contributed by atoms with Gasteiger partial charge in [0.25, 0.3) is 0 Å². The third-order valence-electron chi connectivity index (χ3n) is 7.84. The predicted octanol–water partition coefficient (Wildman–Crippen LogP) is 7.58. The summed E-state index contributed by atoms with van der Waals surface area (Å²) in [7, 11) is 1.54. The molecular weight excluding hydrogens is 543 g/mol. The maximum Gasteiger partial charge on any atom is 0.416 e. The fourth-order valence-corrected chi connectivity index (χ4v) is 5.74. The number of nitrogens with one attached hydrogen (secondary N) is 1. The summed E-state index contributed by atoms with van der Waals surface area (Å²) in [6, 6.07) is 20.0. The molecule has 6 nitrogen and oxygen atoms in total. The maximum atomic E-state index is 13.5. The number of halogens is 3. The van der Waals surface area contributed by atoms with Gasteiger partial charge in [-0.25, -0.2) is 0 Å². The summed E-state index contributed by atoms with van der Waals surface area (Å²) in [6.45, 7) is 2.24. The zero-order chi connectivity index (χ0) is 30.0. The molecule has 3 aromatic rings. The zero-order valence-electron chi connectivity index (χ0n) is 23.3. The molecule has 1 N–H and O–H groups in total. The number of anilines is 1. The molecule has 3 aromatic carbocycles. The van der Waals surface area contributed by atoms with Gasteiger partial charge in [-0.3, -0.25) is 10.2 Å². The van der Waals surface area contributed by atoms with Crippen molar-refractivity contribution in [2.75, 3.05) is 12.0 Å². The Balaban J connectivity index is 1.58. The predicted molar refractivity (Wildman–Crippen MR) is 153 cm³/mol. The molecule has 0 bridgehead atoms. The van der Waals surface area contributed by atoms with Crippen LogP contribution in [0.4, 0.5) is 18.9 Å². The number of nitrogens with zero attached hydrogens (tertiary/aromatic N) is 2. The van der Waals surface area contributed by atoms with Crippen molar-refractivity contribution in [3.05, 3.63) is 100 Å². The average Bonchev–Trinajstić information content (AvgIpc) is 2.99. The van der Waals surface area contributed by atoms with E-state index >= 15 is 0 Å². The number of hydrogen-bond acceptors (Lipinski definition) is 5. The van der Waals surface area contributed by atoms with Crippen molar-refractivity contribution in [3.63, 3.8) is 0 Å². The van der Waals surface area contributed by atoms with Crippen molar-refractivity contribution >= 4 is 17.3 Å². The molecule has 2 aliphatic rings. The Labute approximate surface area is 242 Å². The third kappa shape index (κ3) is 5.49. The van der Waals surface area contributed by atoms with Gasteiger partial charge in [0.2, 0.25) is 0 Å². The van der Waals surface area contributed by atoms with E-state index in [9.17, 15) is 23.2 Å². The molecule has 0 radical (unpaired) electrons. The molecule has 9 heteroatoms. The van der Waals surface area contributed by atoms with Crippen LogP contribution >= 0.6 is 0 Å². The Hall–Kier alpha value is -4.58. The first kappa shape index (κ1) is 28.9. The maximum absolute atomic E-state index is 13.5. The monoisotopic (exact) mass is 573 g/mol. The van der Waals surface area contributed by atoms with Crippen LogP contribution in [0.2, 0.25) is 0 Å². The fraction of sp³-hybridized carbons (Fsp3) is 0.303. The first-order valence-electron chi connectivity index (χ1n) is 13.8. The standard InChI is InChI=1S/C33H30F3N3O3/c1-3-20-10-13-25(14-11-20)42-19-22-16-21(12-15-29(22)41-2)30-26(18-37)32(38)39(27-8-5-9-28(40)31(27)30)24-7-4-6-23(17-24)33(34,35)36/h4,6-7,10-17,26,30,38H,3,5,8-9,19H2,1-2H3. The number of nitriles is 1. The lowest BCUT2D eigenvalue weighted by Gasteiger charge is -2.42. The van der Waals surface area contributed by atoms with Crippen molar-refractivity contribution < 1.29 is 27.4 Å². The number of hydrogen-bond donors (Lipinski definition) is 1. The van der Waals surface area contributed by atoms with Gasteiger partial charge >= 0.3 is 6.18 Å². The Bertz CT molecular complexity index is 1590. The molecule has 1 aliphatic heterocycles. The van der Waals surface area contributed by atoms with E-state index in [1.807, 2.05) is 30.3 Å². The van der Waals surface area contributed by atoms with Crippen molar-refractivity contribution in [1.29, 1.82) is 10.7 Å². The number of carbonyl (C=O) groups is 1. The van der Waals surface area contributed by atoms with E-state index in [4.69, 9.17) is 14.9 Å². The zero-order valence-corrected chi connectivity index (χ0v) is 23.3. The van der Waals surface area contributed by atoms with Crippen LogP contribution in [0.1, 0.15) is 54.4 Å². The molecule has 0 spiro atoms. The molecule has 0 amide bonds. The Morgan fingerprint density at radius 3 is 2.50 bits per heavy atom. The van der Waals surface area contributed by atoms with E-state index in [1.54, 1.807) is 19.2 Å². The minimum atomic E-state index is -4.58. The first-order valence-corrected chi connectivity index (χ1v) is 13.8. The Morgan fingerprint density at radius 2 is 1.83 bits per heavy atom. The minimum absolute atomic E-state index is 0.105. The molecular formula is C33H30F3N3O3. The highest BCUT2D eigenvalue weighted by molar-refractivity contribution is 6.10. The minimum Gasteiger partial charge on any atom is -0.496 e. The topological polar surface area (TPSA) is 86.4 Å². The highest BCUT2D eigenvalue weighted by Crippen LogP contribution is 2.47. The van der Waals surface area contributed by atoms with Gasteiger partial charge in [0, 0.05) is 34.9 Å². The van der Waals surface area contributed by atoms with Gasteiger partial charge in [-0.05, 0) is 72.9 Å². The van der Waals surface area contributed by atoms with Gasteiger partial charge in [0.1, 0.15) is 29.9 Å². The number of carbonyl (C=O) groups excluding carboxylic acids is 1. The van der Waals surface area contributed by atoms with E-state index < -0.39 is 23.6 Å². The summed E-state index contributed by atoms with van der Waals surface area (Å²) >= 11 is 0. The van der Waals surface area contributed by atoms with E-state index in [0.29, 0.717) is 46.7 Å². The van der Waals surface area contributed by atoms with Crippen LogP contribution in [0, 0.1) is 22.7 Å². The number of ketones is 1. The van der Waals surface area contributed by atoms with Crippen LogP contribution in [0.3, 0.4) is 0 Å².